The highest BCUT2D eigenvalue weighted by Gasteiger charge is 2.31. The van der Waals surface area contributed by atoms with Crippen molar-refractivity contribution in [1.29, 1.82) is 0 Å². The molecule has 1 heterocycles. The van der Waals surface area contributed by atoms with E-state index in [1.807, 2.05) is 43.3 Å². The number of ether oxygens (including phenoxy) is 1. The molecule has 142 valence electrons. The van der Waals surface area contributed by atoms with Gasteiger partial charge in [-0.25, -0.2) is 0 Å². The lowest BCUT2D eigenvalue weighted by atomic mass is 10.1. The number of anilines is 2. The monoisotopic (exact) mass is 366 g/mol. The summed E-state index contributed by atoms with van der Waals surface area (Å²) in [5, 5.41) is 2.93. The van der Waals surface area contributed by atoms with Gasteiger partial charge in [0.2, 0.25) is 0 Å². The van der Waals surface area contributed by atoms with Crippen LogP contribution in [0.15, 0.2) is 42.5 Å². The fraction of sp³-hybridized carbons (Fsp3) is 0.364. The second kappa shape index (κ2) is 8.25. The number of aryl methyl sites for hydroxylation is 1. The third-order valence-electron chi connectivity index (χ3n) is 4.80. The molecule has 0 saturated heterocycles. The highest BCUT2D eigenvalue weighted by Crippen LogP contribution is 2.36. The number of benzene rings is 2. The molecule has 2 amide bonds. The van der Waals surface area contributed by atoms with Crippen molar-refractivity contribution < 1.29 is 14.3 Å². The largest absolute Gasteiger partial charge is 0.479 e. The summed E-state index contributed by atoms with van der Waals surface area (Å²) in [6.45, 7) is 6.47. The average molecular weight is 366 g/mol. The predicted molar refractivity (Wildman–Crippen MR) is 108 cm³/mol. The molecule has 0 spiro atoms. The fourth-order valence-corrected chi connectivity index (χ4v) is 3.26. The van der Waals surface area contributed by atoms with Crippen molar-refractivity contribution in [3.8, 4) is 5.75 Å². The van der Waals surface area contributed by atoms with Crippen LogP contribution in [0.4, 0.5) is 11.4 Å². The lowest BCUT2D eigenvalue weighted by Crippen LogP contribution is -2.44. The van der Waals surface area contributed by atoms with Crippen LogP contribution in [0.2, 0.25) is 0 Å². The summed E-state index contributed by atoms with van der Waals surface area (Å²) in [4.78, 5) is 27.0. The summed E-state index contributed by atoms with van der Waals surface area (Å²) in [5.74, 6) is 0.468. The van der Waals surface area contributed by atoms with E-state index in [1.54, 1.807) is 17.9 Å². The Hall–Kier alpha value is -2.82. The second-order valence-corrected chi connectivity index (χ2v) is 6.91. The number of nitrogens with zero attached hydrogens (tertiary/aromatic N) is 1. The Kier molecular flexibility index (Phi) is 5.79. The summed E-state index contributed by atoms with van der Waals surface area (Å²) < 4.78 is 5.74. The molecule has 0 aliphatic carbocycles. The second-order valence-electron chi connectivity index (χ2n) is 6.91. The van der Waals surface area contributed by atoms with E-state index in [1.165, 1.54) is 0 Å². The normalized spacial score (nSPS) is 15.9. The van der Waals surface area contributed by atoms with Crippen molar-refractivity contribution in [2.45, 2.75) is 46.1 Å². The number of carbonyl (C=O) groups is 2. The molecule has 5 heteroatoms. The van der Waals surface area contributed by atoms with Gasteiger partial charge in [-0.1, -0.05) is 38.0 Å². The van der Waals surface area contributed by atoms with Crippen molar-refractivity contribution in [3.05, 3.63) is 53.6 Å². The maximum absolute atomic E-state index is 12.6. The number of unbranched alkanes of at least 4 members (excludes halogenated alkanes) is 2. The molecule has 0 aromatic heterocycles. The molecule has 27 heavy (non-hydrogen) atoms. The predicted octanol–water partition coefficient (Wildman–Crippen LogP) is 4.55. The number of amides is 2. The maximum atomic E-state index is 12.6. The average Bonchev–Trinajstić information content (AvgIpc) is 2.65. The van der Waals surface area contributed by atoms with Crippen LogP contribution in [-0.4, -0.2) is 24.5 Å². The minimum atomic E-state index is -0.494. The number of nitrogens with one attached hydrogen (secondary N) is 1. The topological polar surface area (TPSA) is 58.6 Å². The number of carbonyl (C=O) groups excluding carboxylic acids is 2. The molecule has 0 radical (unpaired) electrons. The first-order chi connectivity index (χ1) is 13.0. The number of hydrogen-bond acceptors (Lipinski definition) is 3. The molecule has 1 aliphatic rings. The van der Waals surface area contributed by atoms with E-state index in [0.29, 0.717) is 23.5 Å². The van der Waals surface area contributed by atoms with Gasteiger partial charge >= 0.3 is 0 Å². The number of fused-ring (bicyclic) bond motifs is 1. The van der Waals surface area contributed by atoms with Crippen LogP contribution >= 0.6 is 0 Å². The third-order valence-corrected chi connectivity index (χ3v) is 4.80. The number of hydrogen-bond donors (Lipinski definition) is 1. The molecule has 2 aromatic carbocycles. The highest BCUT2D eigenvalue weighted by atomic mass is 16.5. The molecule has 5 nitrogen and oxygen atoms in total. The smallest absolute Gasteiger partial charge is 0.267 e. The Morgan fingerprint density at radius 3 is 2.70 bits per heavy atom. The third kappa shape index (κ3) is 4.13. The summed E-state index contributed by atoms with van der Waals surface area (Å²) in [5.41, 5.74) is 2.92. The van der Waals surface area contributed by atoms with Crippen molar-refractivity contribution in [2.24, 2.45) is 0 Å². The van der Waals surface area contributed by atoms with Gasteiger partial charge < -0.3 is 15.0 Å². The van der Waals surface area contributed by atoms with Crippen LogP contribution in [-0.2, 0) is 4.79 Å². The zero-order valence-corrected chi connectivity index (χ0v) is 16.1. The van der Waals surface area contributed by atoms with E-state index in [-0.39, 0.29) is 11.8 Å². The van der Waals surface area contributed by atoms with Gasteiger partial charge in [-0.3, -0.25) is 9.59 Å². The zero-order chi connectivity index (χ0) is 19.4. The van der Waals surface area contributed by atoms with Crippen LogP contribution in [0, 0.1) is 6.92 Å². The van der Waals surface area contributed by atoms with Gasteiger partial charge in [0.25, 0.3) is 11.8 Å². The maximum Gasteiger partial charge on any atom is 0.267 e. The first kappa shape index (κ1) is 19.0. The van der Waals surface area contributed by atoms with E-state index in [2.05, 4.69) is 12.2 Å². The Balaban J connectivity index is 1.84. The van der Waals surface area contributed by atoms with Crippen LogP contribution in [0.1, 0.15) is 49.0 Å². The summed E-state index contributed by atoms with van der Waals surface area (Å²) in [6.07, 6.45) is 2.60. The van der Waals surface area contributed by atoms with Crippen LogP contribution in [0.25, 0.3) is 0 Å². The first-order valence-corrected chi connectivity index (χ1v) is 9.50. The molecule has 1 unspecified atom stereocenters. The van der Waals surface area contributed by atoms with E-state index >= 15 is 0 Å². The molecular formula is C22H26N2O3. The molecule has 0 saturated carbocycles. The minimum Gasteiger partial charge on any atom is -0.479 e. The number of rotatable bonds is 6. The van der Waals surface area contributed by atoms with Gasteiger partial charge in [0.15, 0.2) is 6.10 Å². The Morgan fingerprint density at radius 1 is 1.19 bits per heavy atom. The first-order valence-electron chi connectivity index (χ1n) is 9.50. The summed E-state index contributed by atoms with van der Waals surface area (Å²) in [7, 11) is 0. The van der Waals surface area contributed by atoms with E-state index in [9.17, 15) is 9.59 Å². The Bertz CT molecular complexity index is 847. The molecule has 1 aliphatic heterocycles. The van der Waals surface area contributed by atoms with Gasteiger partial charge in [0.05, 0.1) is 5.69 Å². The van der Waals surface area contributed by atoms with Crippen molar-refractivity contribution in [2.75, 3.05) is 16.8 Å². The van der Waals surface area contributed by atoms with Gasteiger partial charge in [-0.2, -0.15) is 0 Å². The SMILES string of the molecule is CCCCCN1C(=O)C(C)Oc2ccc(NC(=O)c3ccccc3C)cc21. The fourth-order valence-electron chi connectivity index (χ4n) is 3.26. The zero-order valence-electron chi connectivity index (χ0n) is 16.1. The Labute approximate surface area is 160 Å². The molecule has 1 N–H and O–H groups in total. The molecule has 1 atom stereocenters. The van der Waals surface area contributed by atoms with E-state index in [4.69, 9.17) is 4.74 Å². The van der Waals surface area contributed by atoms with Crippen LogP contribution in [0.3, 0.4) is 0 Å². The van der Waals surface area contributed by atoms with Crippen LogP contribution < -0.4 is 15.0 Å². The van der Waals surface area contributed by atoms with Crippen molar-refractivity contribution in [1.82, 2.24) is 0 Å². The molecular weight excluding hydrogens is 340 g/mol. The van der Waals surface area contributed by atoms with Gasteiger partial charge in [0, 0.05) is 17.8 Å². The van der Waals surface area contributed by atoms with E-state index in [0.717, 1.165) is 30.5 Å². The molecule has 0 fully saturated rings. The Morgan fingerprint density at radius 2 is 1.96 bits per heavy atom. The highest BCUT2D eigenvalue weighted by molar-refractivity contribution is 6.06. The minimum absolute atomic E-state index is 0.0408. The molecule has 2 aromatic rings. The van der Waals surface area contributed by atoms with Gasteiger partial charge in [-0.05, 0) is 50.1 Å². The summed E-state index contributed by atoms with van der Waals surface area (Å²) >= 11 is 0. The summed E-state index contributed by atoms with van der Waals surface area (Å²) in [6, 6.07) is 12.9. The molecule has 3 rings (SSSR count). The lowest BCUT2D eigenvalue weighted by molar-refractivity contribution is -0.125. The van der Waals surface area contributed by atoms with Gasteiger partial charge in [-0.15, -0.1) is 0 Å². The lowest BCUT2D eigenvalue weighted by Gasteiger charge is -2.33. The standard InChI is InChI=1S/C22H26N2O3/c1-4-5-8-13-24-19-14-17(11-12-20(19)27-16(3)22(24)26)23-21(25)18-10-7-6-9-15(18)2/h6-7,9-12,14,16H,4-5,8,13H2,1-3H3,(H,23,25). The van der Waals surface area contributed by atoms with Crippen molar-refractivity contribution in [3.63, 3.8) is 0 Å². The van der Waals surface area contributed by atoms with Crippen LogP contribution in [0.5, 0.6) is 5.75 Å². The van der Waals surface area contributed by atoms with Gasteiger partial charge in [0.1, 0.15) is 5.75 Å². The van der Waals surface area contributed by atoms with Crippen molar-refractivity contribution >= 4 is 23.2 Å². The quantitative estimate of drug-likeness (QED) is 0.763. The van der Waals surface area contributed by atoms with E-state index < -0.39 is 6.10 Å². The molecule has 0 bridgehead atoms.